The Hall–Kier alpha value is -3.32. The number of amides is 2. The molecule has 0 aliphatic heterocycles. The number of benzene rings is 1. The van der Waals surface area contributed by atoms with Crippen LogP contribution >= 0.6 is 0 Å². The largest absolute Gasteiger partial charge is 0.468 e. The summed E-state index contributed by atoms with van der Waals surface area (Å²) in [4.78, 5) is 48.0. The second-order valence-corrected chi connectivity index (χ2v) is 6.92. The molecule has 2 atom stereocenters. The average Bonchev–Trinajstić information content (AvgIpc) is 2.69. The van der Waals surface area contributed by atoms with Crippen molar-refractivity contribution in [2.24, 2.45) is 17.6 Å². The maximum atomic E-state index is 13.0. The molecule has 1 aromatic carbocycles. The number of carbonyl (C=O) groups is 4. The first-order chi connectivity index (χ1) is 15.0. The third kappa shape index (κ3) is 7.36. The van der Waals surface area contributed by atoms with Gasteiger partial charge in [0.05, 0.1) is 31.8 Å². The minimum absolute atomic E-state index is 0.104. The number of halogens is 6. The Morgan fingerprint density at radius 2 is 1.33 bits per heavy atom. The van der Waals surface area contributed by atoms with E-state index in [-0.39, 0.29) is 6.07 Å². The minimum atomic E-state index is -5.12. The Morgan fingerprint density at radius 1 is 0.909 bits per heavy atom. The fourth-order valence-electron chi connectivity index (χ4n) is 2.96. The van der Waals surface area contributed by atoms with Crippen LogP contribution in [0.3, 0.4) is 0 Å². The van der Waals surface area contributed by atoms with E-state index in [1.165, 1.54) is 6.92 Å². The molecule has 0 radical (unpaired) electrons. The van der Waals surface area contributed by atoms with Crippen LogP contribution in [0.25, 0.3) is 0 Å². The Kier molecular flexibility index (Phi) is 8.84. The number of primary amides is 1. The van der Waals surface area contributed by atoms with Gasteiger partial charge in [0.25, 0.3) is 0 Å². The minimum Gasteiger partial charge on any atom is -0.468 e. The van der Waals surface area contributed by atoms with Crippen molar-refractivity contribution in [1.82, 2.24) is 5.32 Å². The summed E-state index contributed by atoms with van der Waals surface area (Å²) in [5, 5.41) is 2.03. The lowest BCUT2D eigenvalue weighted by molar-refractivity contribution is -0.162. The van der Waals surface area contributed by atoms with Crippen molar-refractivity contribution < 1.29 is 55.0 Å². The van der Waals surface area contributed by atoms with Gasteiger partial charge in [0.2, 0.25) is 11.8 Å². The molecule has 1 rings (SSSR count). The summed E-state index contributed by atoms with van der Waals surface area (Å²) in [5.41, 5.74) is 1.30. The Balaban J connectivity index is 3.23. The number of esters is 2. The number of ether oxygens (including phenoxy) is 2. The maximum absolute atomic E-state index is 13.0. The summed E-state index contributed by atoms with van der Waals surface area (Å²) in [5.74, 6) is -7.70. The van der Waals surface area contributed by atoms with Crippen LogP contribution < -0.4 is 11.1 Å². The van der Waals surface area contributed by atoms with Gasteiger partial charge in [-0.1, -0.05) is 6.92 Å². The Morgan fingerprint density at radius 3 is 1.67 bits per heavy atom. The van der Waals surface area contributed by atoms with E-state index in [0.29, 0.717) is 12.1 Å². The van der Waals surface area contributed by atoms with Gasteiger partial charge in [-0.05, 0) is 23.8 Å². The molecule has 0 aliphatic carbocycles. The van der Waals surface area contributed by atoms with Crippen LogP contribution in [0.2, 0.25) is 0 Å². The zero-order valence-electron chi connectivity index (χ0n) is 17.5. The van der Waals surface area contributed by atoms with Gasteiger partial charge in [-0.25, -0.2) is 0 Å². The summed E-state index contributed by atoms with van der Waals surface area (Å²) >= 11 is 0. The van der Waals surface area contributed by atoms with Crippen LogP contribution in [0.1, 0.15) is 23.6 Å². The van der Waals surface area contributed by atoms with Crippen molar-refractivity contribution in [2.75, 3.05) is 14.2 Å². The second-order valence-electron chi connectivity index (χ2n) is 6.92. The third-order valence-electron chi connectivity index (χ3n) is 4.60. The summed E-state index contributed by atoms with van der Waals surface area (Å²) in [7, 11) is 1.88. The fraction of sp³-hybridized carbons (Fsp3) is 0.474. The lowest BCUT2D eigenvalue weighted by Gasteiger charge is -2.26. The van der Waals surface area contributed by atoms with Crippen molar-refractivity contribution in [3.8, 4) is 0 Å². The van der Waals surface area contributed by atoms with Gasteiger partial charge in [0, 0.05) is 5.92 Å². The summed E-state index contributed by atoms with van der Waals surface area (Å²) in [6.07, 6.45) is -11.2. The molecule has 1 aromatic rings. The molecule has 14 heteroatoms. The number of rotatable bonds is 8. The first-order valence-electron chi connectivity index (χ1n) is 9.05. The van der Waals surface area contributed by atoms with Crippen LogP contribution in [-0.4, -0.2) is 44.0 Å². The van der Waals surface area contributed by atoms with E-state index in [4.69, 9.17) is 5.73 Å². The molecule has 0 bridgehead atoms. The molecule has 33 heavy (non-hydrogen) atoms. The zero-order valence-corrected chi connectivity index (χ0v) is 17.5. The van der Waals surface area contributed by atoms with E-state index in [1.807, 2.05) is 5.32 Å². The molecule has 0 saturated carbocycles. The standard InChI is InChI=1S/C19H20F6N2O6/c1-8(13(16(30)32-2)17(31)33-3)14(15(26)29)27-12(28)6-9-4-10(18(20,21)22)7-11(5-9)19(23,24)25/h4-5,7-8,13-14H,6H2,1-3H3,(H2,26,29)(H,27,28)/t8-,14+/m0/s1. The van der Waals surface area contributed by atoms with Crippen LogP contribution in [0, 0.1) is 11.8 Å². The van der Waals surface area contributed by atoms with Crippen LogP contribution in [0.15, 0.2) is 18.2 Å². The van der Waals surface area contributed by atoms with Crippen LogP contribution in [0.5, 0.6) is 0 Å². The lowest BCUT2D eigenvalue weighted by Crippen LogP contribution is -2.53. The molecule has 0 heterocycles. The van der Waals surface area contributed by atoms with Gasteiger partial charge in [0.1, 0.15) is 6.04 Å². The number of hydrogen-bond acceptors (Lipinski definition) is 6. The normalized spacial score (nSPS) is 13.8. The van der Waals surface area contributed by atoms with Crippen molar-refractivity contribution in [3.05, 3.63) is 34.9 Å². The topological polar surface area (TPSA) is 125 Å². The number of nitrogens with two attached hydrogens (primary N) is 1. The predicted octanol–water partition coefficient (Wildman–Crippen LogP) is 1.84. The van der Waals surface area contributed by atoms with Gasteiger partial charge in [-0.3, -0.25) is 19.2 Å². The van der Waals surface area contributed by atoms with Gasteiger partial charge in [0.15, 0.2) is 5.92 Å². The van der Waals surface area contributed by atoms with Crippen LogP contribution in [0.4, 0.5) is 26.3 Å². The van der Waals surface area contributed by atoms with Crippen molar-refractivity contribution in [3.63, 3.8) is 0 Å². The van der Waals surface area contributed by atoms with E-state index in [1.54, 1.807) is 0 Å². The highest BCUT2D eigenvalue weighted by Crippen LogP contribution is 2.36. The van der Waals surface area contributed by atoms with Gasteiger partial charge in [-0.15, -0.1) is 0 Å². The molecule has 0 fully saturated rings. The highest BCUT2D eigenvalue weighted by molar-refractivity contribution is 5.97. The molecular formula is C19H20F6N2O6. The van der Waals surface area contributed by atoms with Gasteiger partial charge < -0.3 is 20.5 Å². The highest BCUT2D eigenvalue weighted by atomic mass is 19.4. The number of methoxy groups -OCH3 is 2. The quantitative estimate of drug-likeness (QED) is 0.328. The van der Waals surface area contributed by atoms with Crippen LogP contribution in [-0.2, 0) is 47.4 Å². The Bertz CT molecular complexity index is 867. The first kappa shape index (κ1) is 27.7. The van der Waals surface area contributed by atoms with E-state index in [0.717, 1.165) is 14.2 Å². The van der Waals surface area contributed by atoms with E-state index in [9.17, 15) is 45.5 Å². The fourth-order valence-corrected chi connectivity index (χ4v) is 2.96. The number of alkyl halides is 6. The van der Waals surface area contributed by atoms with Crippen molar-refractivity contribution in [2.45, 2.75) is 31.7 Å². The zero-order chi connectivity index (χ0) is 25.7. The second kappa shape index (κ2) is 10.5. The third-order valence-corrected chi connectivity index (χ3v) is 4.60. The Labute approximate surface area is 183 Å². The molecule has 0 saturated heterocycles. The molecule has 3 N–H and O–H groups in total. The van der Waals surface area contributed by atoms with Gasteiger partial charge >= 0.3 is 24.3 Å². The highest BCUT2D eigenvalue weighted by Gasteiger charge is 2.41. The summed E-state index contributed by atoms with van der Waals surface area (Å²) in [6.45, 7) is 1.17. The molecular weight excluding hydrogens is 466 g/mol. The van der Waals surface area contributed by atoms with E-state index >= 15 is 0 Å². The number of hydrogen-bond donors (Lipinski definition) is 2. The molecule has 0 aliphatic rings. The number of carbonyl (C=O) groups excluding carboxylic acids is 4. The molecule has 0 spiro atoms. The smallest absolute Gasteiger partial charge is 0.416 e. The van der Waals surface area contributed by atoms with Crippen molar-refractivity contribution in [1.29, 1.82) is 0 Å². The predicted molar refractivity (Wildman–Crippen MR) is 98.0 cm³/mol. The van der Waals surface area contributed by atoms with E-state index < -0.39 is 77.1 Å². The first-order valence-corrected chi connectivity index (χ1v) is 9.05. The van der Waals surface area contributed by atoms with Gasteiger partial charge in [-0.2, -0.15) is 26.3 Å². The van der Waals surface area contributed by atoms with E-state index in [2.05, 4.69) is 9.47 Å². The molecule has 0 aromatic heterocycles. The summed E-state index contributed by atoms with van der Waals surface area (Å²) in [6, 6.07) is -1.12. The number of nitrogens with one attached hydrogen (secondary N) is 1. The average molecular weight is 486 g/mol. The molecule has 8 nitrogen and oxygen atoms in total. The monoisotopic (exact) mass is 486 g/mol. The SMILES string of the molecule is COC(=O)C(C(=O)OC)[C@H](C)[C@@H](NC(=O)Cc1cc(C(F)(F)F)cc(C(F)(F)F)c1)C(N)=O. The molecule has 2 amide bonds. The molecule has 184 valence electrons. The lowest BCUT2D eigenvalue weighted by atomic mass is 9.86. The maximum Gasteiger partial charge on any atom is 0.416 e. The summed E-state index contributed by atoms with van der Waals surface area (Å²) < 4.78 is 86.8. The molecule has 0 unspecified atom stereocenters. The van der Waals surface area contributed by atoms with Crippen molar-refractivity contribution >= 4 is 23.8 Å².